The summed E-state index contributed by atoms with van der Waals surface area (Å²) in [6.07, 6.45) is 0.703. The molecule has 0 aliphatic carbocycles. The van der Waals surface area contributed by atoms with Crippen molar-refractivity contribution in [2.24, 2.45) is 0 Å². The molecule has 1 aromatic carbocycles. The number of nitrogens with zero attached hydrogens (tertiary/aromatic N) is 2. The van der Waals surface area contributed by atoms with Crippen molar-refractivity contribution in [3.8, 4) is 0 Å². The topological polar surface area (TPSA) is 66.1 Å². The maximum atomic E-state index is 13.0. The zero-order valence-corrected chi connectivity index (χ0v) is 13.4. The molecule has 0 bridgehead atoms. The summed E-state index contributed by atoms with van der Waals surface area (Å²) in [6.45, 7) is 3.67. The molecule has 2 aromatic rings. The van der Waals surface area contributed by atoms with E-state index in [4.69, 9.17) is 11.6 Å². The van der Waals surface area contributed by atoms with E-state index in [1.54, 1.807) is 6.92 Å². The zero-order chi connectivity index (χ0) is 15.2. The number of sulfonamides is 1. The summed E-state index contributed by atoms with van der Waals surface area (Å²) in [7, 11) is -3.72. The van der Waals surface area contributed by atoms with Gasteiger partial charge in [-0.25, -0.2) is 0 Å². The monoisotopic (exact) mass is 325 g/mol. The number of anilines is 1. The van der Waals surface area contributed by atoms with Crippen LogP contribution in [0.5, 0.6) is 0 Å². The van der Waals surface area contributed by atoms with Crippen LogP contribution in [0.15, 0.2) is 29.3 Å². The molecule has 21 heavy (non-hydrogen) atoms. The molecule has 0 saturated carbocycles. The van der Waals surface area contributed by atoms with Crippen LogP contribution in [-0.4, -0.2) is 24.7 Å². The molecule has 1 aliphatic rings. The Balaban J connectivity index is 2.15. The first kappa shape index (κ1) is 14.4. The number of benzene rings is 1. The number of H-pyrrole nitrogens is 1. The van der Waals surface area contributed by atoms with E-state index in [9.17, 15) is 8.42 Å². The third-order valence-corrected chi connectivity index (χ3v) is 5.99. The van der Waals surface area contributed by atoms with E-state index in [1.165, 1.54) is 4.31 Å². The number of alkyl halides is 1. The van der Waals surface area contributed by atoms with Gasteiger partial charge in [0.05, 0.1) is 11.6 Å². The Morgan fingerprint density at radius 1 is 1.43 bits per heavy atom. The zero-order valence-electron chi connectivity index (χ0n) is 11.8. The molecule has 1 unspecified atom stereocenters. The number of aryl methyl sites for hydroxylation is 1. The molecule has 0 fully saturated rings. The number of fused-ring (bicyclic) bond motifs is 1. The van der Waals surface area contributed by atoms with Crippen molar-refractivity contribution in [1.82, 2.24) is 10.2 Å². The summed E-state index contributed by atoms with van der Waals surface area (Å²) in [4.78, 5) is 0. The second kappa shape index (κ2) is 5.03. The van der Waals surface area contributed by atoms with Crippen molar-refractivity contribution in [3.63, 3.8) is 0 Å². The average molecular weight is 326 g/mol. The third kappa shape index (κ3) is 2.13. The number of aromatic nitrogens is 2. The molecular weight excluding hydrogens is 310 g/mol. The number of halogens is 1. The molecule has 3 rings (SSSR count). The van der Waals surface area contributed by atoms with Gasteiger partial charge >= 0.3 is 0 Å². The molecule has 5 nitrogen and oxygen atoms in total. The van der Waals surface area contributed by atoms with Gasteiger partial charge in [-0.15, -0.1) is 11.6 Å². The van der Waals surface area contributed by atoms with Gasteiger partial charge in [-0.3, -0.25) is 9.40 Å². The third-order valence-electron chi connectivity index (χ3n) is 3.82. The van der Waals surface area contributed by atoms with Gasteiger partial charge in [0.2, 0.25) is 5.03 Å². The lowest BCUT2D eigenvalue weighted by atomic mass is 10.1. The van der Waals surface area contributed by atoms with Crippen LogP contribution in [0.1, 0.15) is 23.7 Å². The number of aromatic amines is 1. The van der Waals surface area contributed by atoms with E-state index in [2.05, 4.69) is 10.2 Å². The molecule has 112 valence electrons. The van der Waals surface area contributed by atoms with Crippen LogP contribution < -0.4 is 4.31 Å². The Bertz CT molecular complexity index is 785. The van der Waals surface area contributed by atoms with Gasteiger partial charge in [0.1, 0.15) is 0 Å². The highest BCUT2D eigenvalue weighted by Crippen LogP contribution is 2.37. The molecule has 7 heteroatoms. The van der Waals surface area contributed by atoms with Crippen molar-refractivity contribution in [2.75, 3.05) is 4.31 Å². The number of nitrogens with one attached hydrogen (secondary N) is 1. The number of rotatable bonds is 3. The van der Waals surface area contributed by atoms with Crippen LogP contribution in [0.2, 0.25) is 0 Å². The van der Waals surface area contributed by atoms with E-state index in [0.29, 0.717) is 17.7 Å². The van der Waals surface area contributed by atoms with Gasteiger partial charge in [0.25, 0.3) is 10.0 Å². The minimum Gasteiger partial charge on any atom is -0.281 e. The maximum Gasteiger partial charge on any atom is 0.284 e. The van der Waals surface area contributed by atoms with E-state index in [0.717, 1.165) is 11.3 Å². The predicted octanol–water partition coefficient (Wildman–Crippen LogP) is 2.60. The fourth-order valence-corrected chi connectivity index (χ4v) is 5.07. The standard InChI is InChI=1S/C14H16ClN3O2S/c1-9-7-11-5-3-4-6-13(11)18(9)21(19,20)14-12(8-15)10(2)16-17-14/h3-6,9H,7-8H2,1-2H3,(H,16,17). The fourth-order valence-electron chi connectivity index (χ4n) is 2.80. The van der Waals surface area contributed by atoms with E-state index in [1.807, 2.05) is 31.2 Å². The highest BCUT2D eigenvalue weighted by atomic mass is 35.5. The fraction of sp³-hybridized carbons (Fsp3) is 0.357. The lowest BCUT2D eigenvalue weighted by Crippen LogP contribution is -2.36. The summed E-state index contributed by atoms with van der Waals surface area (Å²) in [5.41, 5.74) is 2.98. The molecule has 0 saturated heterocycles. The Morgan fingerprint density at radius 3 is 2.86 bits per heavy atom. The van der Waals surface area contributed by atoms with Crippen LogP contribution in [0.3, 0.4) is 0 Å². The van der Waals surface area contributed by atoms with Gasteiger partial charge in [-0.05, 0) is 31.9 Å². The first-order valence-corrected chi connectivity index (χ1v) is 8.66. The van der Waals surface area contributed by atoms with Gasteiger partial charge in [-0.2, -0.15) is 13.5 Å². The van der Waals surface area contributed by atoms with E-state index >= 15 is 0 Å². The summed E-state index contributed by atoms with van der Waals surface area (Å²) in [6, 6.07) is 7.42. The lowest BCUT2D eigenvalue weighted by Gasteiger charge is -2.23. The van der Waals surface area contributed by atoms with Crippen LogP contribution in [-0.2, 0) is 22.3 Å². The summed E-state index contributed by atoms with van der Waals surface area (Å²) in [5.74, 6) is 0.112. The molecule has 0 radical (unpaired) electrons. The minimum absolute atomic E-state index is 0.0264. The molecule has 1 aliphatic heterocycles. The Hall–Kier alpha value is -1.53. The first-order chi connectivity index (χ1) is 9.96. The number of hydrogen-bond donors (Lipinski definition) is 1. The van der Waals surface area contributed by atoms with Crippen molar-refractivity contribution in [1.29, 1.82) is 0 Å². The molecule has 1 N–H and O–H groups in total. The Kier molecular flexibility index (Phi) is 3.45. The normalized spacial score (nSPS) is 18.0. The highest BCUT2D eigenvalue weighted by Gasteiger charge is 2.38. The molecule has 0 amide bonds. The van der Waals surface area contributed by atoms with Crippen molar-refractivity contribution in [2.45, 2.75) is 37.2 Å². The maximum absolute atomic E-state index is 13.0. The van der Waals surface area contributed by atoms with E-state index in [-0.39, 0.29) is 16.9 Å². The van der Waals surface area contributed by atoms with Crippen molar-refractivity contribution < 1.29 is 8.42 Å². The van der Waals surface area contributed by atoms with Gasteiger partial charge in [0.15, 0.2) is 0 Å². The number of hydrogen-bond acceptors (Lipinski definition) is 3. The largest absolute Gasteiger partial charge is 0.284 e. The molecule has 0 spiro atoms. The van der Waals surface area contributed by atoms with Crippen LogP contribution >= 0.6 is 11.6 Å². The van der Waals surface area contributed by atoms with Crippen molar-refractivity contribution >= 4 is 27.3 Å². The molecule has 2 heterocycles. The predicted molar refractivity (Wildman–Crippen MR) is 82.2 cm³/mol. The van der Waals surface area contributed by atoms with Gasteiger partial charge in [0, 0.05) is 17.3 Å². The molecule has 1 atom stereocenters. The molecule has 1 aromatic heterocycles. The second-order valence-electron chi connectivity index (χ2n) is 5.25. The molecular formula is C14H16ClN3O2S. The average Bonchev–Trinajstić information content (AvgIpc) is 2.98. The van der Waals surface area contributed by atoms with Gasteiger partial charge < -0.3 is 0 Å². The quantitative estimate of drug-likeness (QED) is 0.882. The summed E-state index contributed by atoms with van der Waals surface area (Å²) in [5, 5.41) is 6.71. The minimum atomic E-state index is -3.72. The lowest BCUT2D eigenvalue weighted by molar-refractivity contribution is 0.579. The van der Waals surface area contributed by atoms with Crippen molar-refractivity contribution in [3.05, 3.63) is 41.1 Å². The summed E-state index contributed by atoms with van der Waals surface area (Å²) < 4.78 is 27.4. The second-order valence-corrected chi connectivity index (χ2v) is 7.25. The Labute approximate surface area is 129 Å². The van der Waals surface area contributed by atoms with Crippen LogP contribution in [0.25, 0.3) is 0 Å². The van der Waals surface area contributed by atoms with Crippen LogP contribution in [0.4, 0.5) is 5.69 Å². The SMILES string of the molecule is Cc1[nH]nc(S(=O)(=O)N2c3ccccc3CC2C)c1CCl. The van der Waals surface area contributed by atoms with Gasteiger partial charge in [-0.1, -0.05) is 18.2 Å². The first-order valence-electron chi connectivity index (χ1n) is 6.69. The smallest absolute Gasteiger partial charge is 0.281 e. The van der Waals surface area contributed by atoms with Crippen LogP contribution in [0, 0.1) is 6.92 Å². The van der Waals surface area contributed by atoms with E-state index < -0.39 is 10.0 Å². The summed E-state index contributed by atoms with van der Waals surface area (Å²) >= 11 is 5.89. The number of para-hydroxylation sites is 1. The Morgan fingerprint density at radius 2 is 2.14 bits per heavy atom. The highest BCUT2D eigenvalue weighted by molar-refractivity contribution is 7.92.